The van der Waals surface area contributed by atoms with E-state index in [0.29, 0.717) is 17.3 Å². The van der Waals surface area contributed by atoms with E-state index in [4.69, 9.17) is 21.4 Å². The summed E-state index contributed by atoms with van der Waals surface area (Å²) in [5, 5.41) is 11.8. The van der Waals surface area contributed by atoms with Gasteiger partial charge in [0.1, 0.15) is 5.69 Å². The molecule has 1 amide bonds. The van der Waals surface area contributed by atoms with E-state index in [9.17, 15) is 9.59 Å². The van der Waals surface area contributed by atoms with Crippen molar-refractivity contribution in [1.82, 2.24) is 9.88 Å². The molecule has 1 rings (SSSR count). The molecule has 0 aliphatic carbocycles. The lowest BCUT2D eigenvalue weighted by Gasteiger charge is -2.15. The highest BCUT2D eigenvalue weighted by Gasteiger charge is 2.16. The molecule has 1 aromatic rings. The van der Waals surface area contributed by atoms with Gasteiger partial charge in [-0.15, -0.1) is 0 Å². The number of carboxylic acid groups (broad SMARTS) is 1. The highest BCUT2D eigenvalue weighted by Crippen LogP contribution is 2.12. The number of aliphatic carboxylic acids is 1. The van der Waals surface area contributed by atoms with Crippen LogP contribution in [0.3, 0.4) is 0 Å². The summed E-state index contributed by atoms with van der Waals surface area (Å²) in [5.41, 5.74) is 0.413. The third kappa shape index (κ3) is 4.92. The minimum Gasteiger partial charge on any atom is -0.481 e. The fourth-order valence-electron chi connectivity index (χ4n) is 1.67. The molecule has 0 aliphatic heterocycles. The average Bonchev–Trinajstić information content (AvgIpc) is 2.64. The van der Waals surface area contributed by atoms with E-state index in [0.717, 1.165) is 0 Å². The molecule has 1 heterocycles. The molecule has 0 saturated heterocycles. The van der Waals surface area contributed by atoms with Gasteiger partial charge in [0.2, 0.25) is 0 Å². The number of carbonyl (C=O) groups excluding carboxylic acids is 1. The molecule has 106 valence electrons. The van der Waals surface area contributed by atoms with Gasteiger partial charge in [0.25, 0.3) is 5.91 Å². The molecule has 6 nitrogen and oxygen atoms in total. The van der Waals surface area contributed by atoms with Crippen molar-refractivity contribution in [2.75, 3.05) is 13.2 Å². The van der Waals surface area contributed by atoms with E-state index in [1.165, 1.54) is 0 Å². The minimum atomic E-state index is -0.963. The number of amides is 1. The van der Waals surface area contributed by atoms with E-state index in [2.05, 4.69) is 5.32 Å². The first kappa shape index (κ1) is 15.5. The highest BCUT2D eigenvalue weighted by atomic mass is 35.5. The zero-order chi connectivity index (χ0) is 14.4. The summed E-state index contributed by atoms with van der Waals surface area (Å²) >= 11 is 5.79. The SMILES string of the molecule is CCOC(CNC(=O)c1cc(Cl)cn1C)CC(=O)O. The van der Waals surface area contributed by atoms with Crippen LogP contribution < -0.4 is 5.32 Å². The Bertz CT molecular complexity index is 459. The number of hydrogen-bond donors (Lipinski definition) is 2. The van der Waals surface area contributed by atoms with Crippen LogP contribution in [0.15, 0.2) is 12.3 Å². The zero-order valence-corrected chi connectivity index (χ0v) is 11.6. The van der Waals surface area contributed by atoms with E-state index in [-0.39, 0.29) is 18.9 Å². The number of nitrogens with zero attached hydrogens (tertiary/aromatic N) is 1. The third-order valence-corrected chi connectivity index (χ3v) is 2.71. The molecular weight excluding hydrogens is 272 g/mol. The normalized spacial score (nSPS) is 12.2. The van der Waals surface area contributed by atoms with Gasteiger partial charge in [0.05, 0.1) is 17.5 Å². The Morgan fingerprint density at radius 3 is 2.74 bits per heavy atom. The molecule has 2 N–H and O–H groups in total. The predicted molar refractivity (Wildman–Crippen MR) is 70.4 cm³/mol. The van der Waals surface area contributed by atoms with Crippen LogP contribution in [0, 0.1) is 0 Å². The maximum absolute atomic E-state index is 11.9. The second-order valence-corrected chi connectivity index (χ2v) is 4.48. The van der Waals surface area contributed by atoms with Crippen LogP contribution in [-0.4, -0.2) is 40.8 Å². The van der Waals surface area contributed by atoms with Crippen LogP contribution in [0.5, 0.6) is 0 Å². The summed E-state index contributed by atoms with van der Waals surface area (Å²) in [5.74, 6) is -1.28. The Balaban J connectivity index is 2.56. The van der Waals surface area contributed by atoms with Gasteiger partial charge in [-0.05, 0) is 13.0 Å². The maximum atomic E-state index is 11.9. The standard InChI is InChI=1S/C12H17ClN2O4/c1-3-19-9(5-11(16)17)6-14-12(18)10-4-8(13)7-15(10)2/h4,7,9H,3,5-6H2,1-2H3,(H,14,18)(H,16,17). The molecule has 0 aliphatic rings. The molecule has 0 bridgehead atoms. The first-order chi connectivity index (χ1) is 8.93. The van der Waals surface area contributed by atoms with Crippen molar-refractivity contribution in [3.05, 3.63) is 23.0 Å². The first-order valence-corrected chi connectivity index (χ1v) is 6.25. The van der Waals surface area contributed by atoms with Crippen molar-refractivity contribution in [2.45, 2.75) is 19.4 Å². The Morgan fingerprint density at radius 1 is 1.58 bits per heavy atom. The molecule has 0 spiro atoms. The Hall–Kier alpha value is -1.53. The highest BCUT2D eigenvalue weighted by molar-refractivity contribution is 6.31. The second-order valence-electron chi connectivity index (χ2n) is 4.04. The van der Waals surface area contributed by atoms with Gasteiger partial charge in [0, 0.05) is 26.4 Å². The lowest BCUT2D eigenvalue weighted by molar-refractivity contribution is -0.140. The van der Waals surface area contributed by atoms with Crippen LogP contribution in [0.4, 0.5) is 0 Å². The van der Waals surface area contributed by atoms with Crippen LogP contribution in [-0.2, 0) is 16.6 Å². The number of carboxylic acids is 1. The largest absolute Gasteiger partial charge is 0.481 e. The molecule has 7 heteroatoms. The molecule has 1 aromatic heterocycles. The van der Waals surface area contributed by atoms with Crippen molar-refractivity contribution < 1.29 is 19.4 Å². The summed E-state index contributed by atoms with van der Waals surface area (Å²) in [6.45, 7) is 2.30. The van der Waals surface area contributed by atoms with Crippen LogP contribution in [0.1, 0.15) is 23.8 Å². The number of hydrogen-bond acceptors (Lipinski definition) is 3. The van der Waals surface area contributed by atoms with E-state index in [1.807, 2.05) is 0 Å². The Morgan fingerprint density at radius 2 is 2.26 bits per heavy atom. The predicted octanol–water partition coefficient (Wildman–Crippen LogP) is 1.29. The molecule has 1 atom stereocenters. The molecule has 19 heavy (non-hydrogen) atoms. The third-order valence-electron chi connectivity index (χ3n) is 2.50. The molecule has 0 fully saturated rings. The fourth-order valence-corrected chi connectivity index (χ4v) is 1.92. The van der Waals surface area contributed by atoms with Gasteiger partial charge >= 0.3 is 5.97 Å². The van der Waals surface area contributed by atoms with E-state index in [1.54, 1.807) is 30.8 Å². The summed E-state index contributed by atoms with van der Waals surface area (Å²) in [6.07, 6.45) is 0.928. The van der Waals surface area contributed by atoms with Gasteiger partial charge in [0.15, 0.2) is 0 Å². The maximum Gasteiger partial charge on any atom is 0.306 e. The quantitative estimate of drug-likeness (QED) is 0.792. The van der Waals surface area contributed by atoms with Crippen molar-refractivity contribution >= 4 is 23.5 Å². The molecular formula is C12H17ClN2O4. The summed E-state index contributed by atoms with van der Waals surface area (Å²) in [6, 6.07) is 1.55. The van der Waals surface area contributed by atoms with Crippen molar-refractivity contribution in [3.8, 4) is 0 Å². The van der Waals surface area contributed by atoms with Crippen LogP contribution in [0.25, 0.3) is 0 Å². The van der Waals surface area contributed by atoms with Gasteiger partial charge in [-0.3, -0.25) is 9.59 Å². The monoisotopic (exact) mass is 288 g/mol. The van der Waals surface area contributed by atoms with Crippen molar-refractivity contribution in [2.24, 2.45) is 7.05 Å². The van der Waals surface area contributed by atoms with Crippen LogP contribution in [0.2, 0.25) is 5.02 Å². The summed E-state index contributed by atoms with van der Waals surface area (Å²) < 4.78 is 6.85. The van der Waals surface area contributed by atoms with Gasteiger partial charge in [-0.1, -0.05) is 11.6 Å². The lowest BCUT2D eigenvalue weighted by Crippen LogP contribution is -2.35. The number of nitrogens with one attached hydrogen (secondary N) is 1. The minimum absolute atomic E-state index is 0.141. The van der Waals surface area contributed by atoms with Gasteiger partial charge in [-0.2, -0.15) is 0 Å². The molecule has 1 unspecified atom stereocenters. The smallest absolute Gasteiger partial charge is 0.306 e. The van der Waals surface area contributed by atoms with Crippen molar-refractivity contribution in [3.63, 3.8) is 0 Å². The molecule has 0 saturated carbocycles. The summed E-state index contributed by atoms with van der Waals surface area (Å²) in [7, 11) is 1.71. The first-order valence-electron chi connectivity index (χ1n) is 5.87. The fraction of sp³-hybridized carbons (Fsp3) is 0.500. The zero-order valence-electron chi connectivity index (χ0n) is 10.9. The van der Waals surface area contributed by atoms with Crippen molar-refractivity contribution in [1.29, 1.82) is 0 Å². The Kier molecular flexibility index (Phi) is 5.85. The van der Waals surface area contributed by atoms with E-state index >= 15 is 0 Å². The van der Waals surface area contributed by atoms with Gasteiger partial charge in [-0.25, -0.2) is 0 Å². The van der Waals surface area contributed by atoms with Gasteiger partial charge < -0.3 is 19.7 Å². The number of aromatic nitrogens is 1. The second kappa shape index (κ2) is 7.16. The lowest BCUT2D eigenvalue weighted by atomic mass is 10.2. The number of ether oxygens (including phenoxy) is 1. The summed E-state index contributed by atoms with van der Waals surface area (Å²) in [4.78, 5) is 22.5. The molecule has 0 radical (unpaired) electrons. The van der Waals surface area contributed by atoms with E-state index < -0.39 is 12.1 Å². The number of aryl methyl sites for hydroxylation is 1. The topological polar surface area (TPSA) is 80.6 Å². The van der Waals surface area contributed by atoms with Crippen LogP contribution >= 0.6 is 11.6 Å². The number of halogens is 1. The molecule has 0 aromatic carbocycles. The Labute approximate surface area is 116 Å². The number of rotatable bonds is 7. The average molecular weight is 289 g/mol. The number of carbonyl (C=O) groups is 2.